The Morgan fingerprint density at radius 1 is 1.23 bits per heavy atom. The number of Topliss-reactive ketones (excluding diaryl/α,β-unsaturated/α-hetero) is 1. The van der Waals surface area contributed by atoms with Crippen molar-refractivity contribution in [1.29, 1.82) is 0 Å². The van der Waals surface area contributed by atoms with Crippen LogP contribution in [0.3, 0.4) is 0 Å². The zero-order valence-corrected chi connectivity index (χ0v) is 18.2. The second-order valence-corrected chi connectivity index (χ2v) is 8.00. The summed E-state index contributed by atoms with van der Waals surface area (Å²) in [5.74, 6) is -1.29. The number of aliphatic carboxylic acids is 1. The summed E-state index contributed by atoms with van der Waals surface area (Å²) in [6.45, 7) is 1.72. The van der Waals surface area contributed by atoms with E-state index >= 15 is 0 Å². The van der Waals surface area contributed by atoms with E-state index in [9.17, 15) is 14.0 Å². The predicted molar refractivity (Wildman–Crippen MR) is 117 cm³/mol. The average molecular weight is 463 g/mol. The smallest absolute Gasteiger partial charge is 0.303 e. The van der Waals surface area contributed by atoms with Crippen LogP contribution in [0.1, 0.15) is 47.4 Å². The Hall–Kier alpha value is -2.90. The molecule has 5 nitrogen and oxygen atoms in total. The molecule has 31 heavy (non-hydrogen) atoms. The van der Waals surface area contributed by atoms with E-state index in [1.165, 1.54) is 25.1 Å². The number of hydrogen-bond acceptors (Lipinski definition) is 5. The van der Waals surface area contributed by atoms with Gasteiger partial charge in [-0.15, -0.1) is 0 Å². The highest BCUT2D eigenvalue weighted by molar-refractivity contribution is 7.07. The van der Waals surface area contributed by atoms with Crippen LogP contribution in [0.4, 0.5) is 4.39 Å². The number of ketones is 1. The third kappa shape index (κ3) is 6.06. The monoisotopic (exact) mass is 462 g/mol. The number of carbonyl (C=O) groups is 2. The van der Waals surface area contributed by atoms with E-state index < -0.39 is 17.9 Å². The van der Waals surface area contributed by atoms with E-state index in [0.717, 1.165) is 5.56 Å². The SMILES string of the molecule is CC(=O)c1ccc(OCc2ccsc2)cc1OC(CCC(=O)O)c1c(F)cccc1Cl. The van der Waals surface area contributed by atoms with Gasteiger partial charge in [0.1, 0.15) is 30.0 Å². The molecule has 0 fully saturated rings. The van der Waals surface area contributed by atoms with Gasteiger partial charge in [-0.3, -0.25) is 9.59 Å². The Morgan fingerprint density at radius 3 is 2.68 bits per heavy atom. The Morgan fingerprint density at radius 2 is 2.03 bits per heavy atom. The molecule has 0 radical (unpaired) electrons. The molecular weight excluding hydrogens is 443 g/mol. The van der Waals surface area contributed by atoms with Crippen molar-refractivity contribution in [2.45, 2.75) is 32.5 Å². The molecule has 1 N–H and O–H groups in total. The summed E-state index contributed by atoms with van der Waals surface area (Å²) in [6, 6.07) is 10.9. The second kappa shape index (κ2) is 10.4. The summed E-state index contributed by atoms with van der Waals surface area (Å²) in [5, 5.41) is 13.1. The highest BCUT2D eigenvalue weighted by atomic mass is 35.5. The zero-order chi connectivity index (χ0) is 22.4. The normalized spacial score (nSPS) is 11.7. The highest BCUT2D eigenvalue weighted by Crippen LogP contribution is 2.36. The summed E-state index contributed by atoms with van der Waals surface area (Å²) in [4.78, 5) is 23.3. The minimum Gasteiger partial charge on any atom is -0.489 e. The Bertz CT molecular complexity index is 1050. The van der Waals surface area contributed by atoms with Gasteiger partial charge in [0.05, 0.1) is 10.6 Å². The standard InChI is InChI=1S/C23H20ClFO5S/c1-14(26)17-6-5-16(29-12-15-9-10-31-13-15)11-21(17)30-20(7-8-22(27)28)23-18(24)3-2-4-19(23)25/h2-6,9-11,13,20H,7-8,12H2,1H3,(H,27,28). The van der Waals surface area contributed by atoms with E-state index in [1.807, 2.05) is 16.8 Å². The van der Waals surface area contributed by atoms with Crippen molar-refractivity contribution >= 4 is 34.7 Å². The lowest BCUT2D eigenvalue weighted by molar-refractivity contribution is -0.137. The maximum Gasteiger partial charge on any atom is 0.303 e. The summed E-state index contributed by atoms with van der Waals surface area (Å²) < 4.78 is 26.3. The molecule has 0 saturated carbocycles. The number of benzene rings is 2. The largest absolute Gasteiger partial charge is 0.489 e. The van der Waals surface area contributed by atoms with Crippen molar-refractivity contribution in [2.75, 3.05) is 0 Å². The number of rotatable bonds is 10. The molecule has 1 unspecified atom stereocenters. The molecule has 162 valence electrons. The van der Waals surface area contributed by atoms with Gasteiger partial charge in [0, 0.05) is 18.1 Å². The van der Waals surface area contributed by atoms with E-state index in [0.29, 0.717) is 12.4 Å². The Kier molecular flexibility index (Phi) is 7.65. The van der Waals surface area contributed by atoms with Crippen LogP contribution in [0.2, 0.25) is 5.02 Å². The van der Waals surface area contributed by atoms with Gasteiger partial charge in [0.15, 0.2) is 5.78 Å². The van der Waals surface area contributed by atoms with Crippen LogP contribution >= 0.6 is 22.9 Å². The highest BCUT2D eigenvalue weighted by Gasteiger charge is 2.24. The van der Waals surface area contributed by atoms with Crippen molar-refractivity contribution in [1.82, 2.24) is 0 Å². The molecule has 0 aliphatic heterocycles. The van der Waals surface area contributed by atoms with Gasteiger partial charge < -0.3 is 14.6 Å². The zero-order valence-electron chi connectivity index (χ0n) is 16.6. The van der Waals surface area contributed by atoms with E-state index in [-0.39, 0.29) is 40.5 Å². The molecule has 0 saturated heterocycles. The summed E-state index contributed by atoms with van der Waals surface area (Å²) >= 11 is 7.74. The van der Waals surface area contributed by atoms with Crippen LogP contribution in [0.15, 0.2) is 53.2 Å². The molecule has 0 aliphatic rings. The van der Waals surface area contributed by atoms with Gasteiger partial charge in [-0.25, -0.2) is 4.39 Å². The quantitative estimate of drug-likeness (QED) is 0.357. The first kappa shape index (κ1) is 22.8. The summed E-state index contributed by atoms with van der Waals surface area (Å²) in [5.41, 5.74) is 1.32. The fraction of sp³-hybridized carbons (Fsp3) is 0.217. The first-order valence-electron chi connectivity index (χ1n) is 9.46. The minimum atomic E-state index is -1.05. The lowest BCUT2D eigenvalue weighted by Gasteiger charge is -2.22. The molecule has 2 aromatic carbocycles. The van der Waals surface area contributed by atoms with Crippen LogP contribution in [0, 0.1) is 5.82 Å². The molecule has 3 aromatic rings. The van der Waals surface area contributed by atoms with Crippen molar-refractivity contribution in [3.05, 3.63) is 80.8 Å². The Labute approximate surface area is 188 Å². The predicted octanol–water partition coefficient (Wildman–Crippen LogP) is 6.31. The second-order valence-electron chi connectivity index (χ2n) is 6.81. The molecule has 0 bridgehead atoms. The molecule has 8 heteroatoms. The topological polar surface area (TPSA) is 72.8 Å². The minimum absolute atomic E-state index is 0.0344. The van der Waals surface area contributed by atoms with Crippen LogP contribution in [0.25, 0.3) is 0 Å². The number of hydrogen-bond donors (Lipinski definition) is 1. The van der Waals surface area contributed by atoms with E-state index in [1.54, 1.807) is 29.5 Å². The van der Waals surface area contributed by atoms with Crippen molar-refractivity contribution < 1.29 is 28.6 Å². The fourth-order valence-corrected chi connectivity index (χ4v) is 3.95. The number of carboxylic acid groups (broad SMARTS) is 1. The van der Waals surface area contributed by atoms with Crippen molar-refractivity contribution in [3.8, 4) is 11.5 Å². The lowest BCUT2D eigenvalue weighted by Crippen LogP contribution is -2.14. The number of thiophene rings is 1. The number of ether oxygens (including phenoxy) is 2. The van der Waals surface area contributed by atoms with Gasteiger partial charge in [0.2, 0.25) is 0 Å². The van der Waals surface area contributed by atoms with Gasteiger partial charge in [-0.2, -0.15) is 11.3 Å². The molecule has 0 amide bonds. The van der Waals surface area contributed by atoms with Gasteiger partial charge in [-0.05, 0) is 60.0 Å². The molecule has 1 atom stereocenters. The number of carbonyl (C=O) groups excluding carboxylic acids is 1. The van der Waals surface area contributed by atoms with Crippen molar-refractivity contribution in [2.24, 2.45) is 0 Å². The lowest BCUT2D eigenvalue weighted by atomic mass is 10.0. The van der Waals surface area contributed by atoms with Gasteiger partial charge >= 0.3 is 5.97 Å². The molecular formula is C23H20ClFO5S. The van der Waals surface area contributed by atoms with Crippen LogP contribution < -0.4 is 9.47 Å². The maximum absolute atomic E-state index is 14.5. The van der Waals surface area contributed by atoms with Crippen molar-refractivity contribution in [3.63, 3.8) is 0 Å². The van der Waals surface area contributed by atoms with Gasteiger partial charge in [-0.1, -0.05) is 17.7 Å². The van der Waals surface area contributed by atoms with Crippen LogP contribution in [-0.4, -0.2) is 16.9 Å². The molecule has 3 rings (SSSR count). The third-order valence-electron chi connectivity index (χ3n) is 4.53. The first-order valence-corrected chi connectivity index (χ1v) is 10.8. The average Bonchev–Trinajstić information content (AvgIpc) is 3.23. The van der Waals surface area contributed by atoms with E-state index in [4.69, 9.17) is 26.2 Å². The summed E-state index contributed by atoms with van der Waals surface area (Å²) in [6.07, 6.45) is -1.30. The third-order valence-corrected chi connectivity index (χ3v) is 5.59. The van der Waals surface area contributed by atoms with E-state index in [2.05, 4.69) is 0 Å². The molecule has 1 aromatic heterocycles. The number of halogens is 2. The van der Waals surface area contributed by atoms with Crippen LogP contribution in [-0.2, 0) is 11.4 Å². The molecule has 1 heterocycles. The fourth-order valence-electron chi connectivity index (χ4n) is 3.01. The van der Waals surface area contributed by atoms with Crippen LogP contribution in [0.5, 0.6) is 11.5 Å². The first-order chi connectivity index (χ1) is 14.8. The Balaban J connectivity index is 1.93. The molecule has 0 aliphatic carbocycles. The molecule has 0 spiro atoms. The number of carboxylic acids is 1. The van der Waals surface area contributed by atoms with Gasteiger partial charge in [0.25, 0.3) is 0 Å². The maximum atomic E-state index is 14.5. The summed E-state index contributed by atoms with van der Waals surface area (Å²) in [7, 11) is 0.